The van der Waals surface area contributed by atoms with Gasteiger partial charge in [-0.3, -0.25) is 0 Å². The Balaban J connectivity index is 1.42. The Morgan fingerprint density at radius 2 is 2.30 bits per heavy atom. The first-order valence-electron chi connectivity index (χ1n) is 7.53. The minimum Gasteiger partial charge on any atom is -0.389 e. The van der Waals surface area contributed by atoms with Gasteiger partial charge < -0.3 is 19.5 Å². The highest BCUT2D eigenvalue weighted by Crippen LogP contribution is 2.27. The highest BCUT2D eigenvalue weighted by molar-refractivity contribution is 5.57. The molecule has 1 fully saturated rings. The second-order valence-electron chi connectivity index (χ2n) is 5.65. The van der Waals surface area contributed by atoms with E-state index in [1.165, 1.54) is 11.3 Å². The maximum absolute atomic E-state index is 10.1. The zero-order valence-corrected chi connectivity index (χ0v) is 11.8. The molecule has 0 bridgehead atoms. The summed E-state index contributed by atoms with van der Waals surface area (Å²) in [5.74, 6) is 0. The van der Waals surface area contributed by atoms with Gasteiger partial charge in [-0.25, -0.2) is 0 Å². The lowest BCUT2D eigenvalue weighted by Crippen LogP contribution is -2.34. The van der Waals surface area contributed by atoms with Crippen molar-refractivity contribution >= 4 is 5.69 Å². The van der Waals surface area contributed by atoms with Gasteiger partial charge in [-0.05, 0) is 30.9 Å². The van der Waals surface area contributed by atoms with Gasteiger partial charge in [-0.1, -0.05) is 18.2 Å². The summed E-state index contributed by atoms with van der Waals surface area (Å²) >= 11 is 0. The van der Waals surface area contributed by atoms with Crippen molar-refractivity contribution in [3.8, 4) is 0 Å². The van der Waals surface area contributed by atoms with E-state index in [1.54, 1.807) is 0 Å². The molecule has 0 radical (unpaired) electrons. The van der Waals surface area contributed by atoms with Gasteiger partial charge in [0.05, 0.1) is 25.4 Å². The molecule has 2 unspecified atom stereocenters. The van der Waals surface area contributed by atoms with Gasteiger partial charge in [0.25, 0.3) is 0 Å². The first-order valence-corrected chi connectivity index (χ1v) is 7.53. The van der Waals surface area contributed by atoms with Crippen molar-refractivity contribution in [3.63, 3.8) is 0 Å². The predicted molar refractivity (Wildman–Crippen MR) is 78.2 cm³/mol. The van der Waals surface area contributed by atoms with E-state index < -0.39 is 6.10 Å². The monoisotopic (exact) mass is 277 g/mol. The van der Waals surface area contributed by atoms with Crippen molar-refractivity contribution in [2.75, 3.05) is 37.8 Å². The molecule has 4 heteroatoms. The second kappa shape index (κ2) is 6.57. The lowest BCUT2D eigenvalue weighted by atomic mass is 10.2. The number of aliphatic hydroxyl groups is 1. The third-order valence-electron chi connectivity index (χ3n) is 4.05. The van der Waals surface area contributed by atoms with Gasteiger partial charge in [0.1, 0.15) is 0 Å². The highest BCUT2D eigenvalue weighted by atomic mass is 16.5. The summed E-state index contributed by atoms with van der Waals surface area (Å²) in [7, 11) is 0. The maximum Gasteiger partial charge on any atom is 0.0948 e. The maximum atomic E-state index is 10.1. The smallest absolute Gasteiger partial charge is 0.0948 e. The van der Waals surface area contributed by atoms with Crippen LogP contribution in [0.2, 0.25) is 0 Å². The number of hydrogen-bond acceptors (Lipinski definition) is 4. The SMILES string of the molecule is OC(COCC1CCCO1)CN1CCc2ccccc21. The molecule has 0 spiro atoms. The Kier molecular flexibility index (Phi) is 4.55. The van der Waals surface area contributed by atoms with Crippen LogP contribution in [0.4, 0.5) is 5.69 Å². The molecule has 110 valence electrons. The van der Waals surface area contributed by atoms with Crippen molar-refractivity contribution in [1.82, 2.24) is 0 Å². The quantitative estimate of drug-likeness (QED) is 0.858. The summed E-state index contributed by atoms with van der Waals surface area (Å²) in [6.07, 6.45) is 3.06. The highest BCUT2D eigenvalue weighted by Gasteiger charge is 2.21. The molecule has 0 saturated carbocycles. The lowest BCUT2D eigenvalue weighted by molar-refractivity contribution is -0.0149. The number of aliphatic hydroxyl groups excluding tert-OH is 1. The molecule has 2 aliphatic heterocycles. The second-order valence-corrected chi connectivity index (χ2v) is 5.65. The van der Waals surface area contributed by atoms with E-state index in [4.69, 9.17) is 9.47 Å². The summed E-state index contributed by atoms with van der Waals surface area (Å²) in [6, 6.07) is 8.42. The normalized spacial score (nSPS) is 23.1. The number of fused-ring (bicyclic) bond motifs is 1. The number of hydrogen-bond donors (Lipinski definition) is 1. The molecule has 1 aromatic carbocycles. The molecular weight excluding hydrogens is 254 g/mol. The van der Waals surface area contributed by atoms with Crippen LogP contribution >= 0.6 is 0 Å². The summed E-state index contributed by atoms with van der Waals surface area (Å²) < 4.78 is 11.1. The van der Waals surface area contributed by atoms with Gasteiger partial charge in [0.2, 0.25) is 0 Å². The Labute approximate surface area is 120 Å². The molecule has 1 saturated heterocycles. The zero-order valence-electron chi connectivity index (χ0n) is 11.8. The lowest BCUT2D eigenvalue weighted by Gasteiger charge is -2.23. The largest absolute Gasteiger partial charge is 0.389 e. The van der Waals surface area contributed by atoms with Crippen molar-refractivity contribution in [3.05, 3.63) is 29.8 Å². The van der Waals surface area contributed by atoms with Crippen LogP contribution in [0.15, 0.2) is 24.3 Å². The fraction of sp³-hybridized carbons (Fsp3) is 0.625. The topological polar surface area (TPSA) is 41.9 Å². The van der Waals surface area contributed by atoms with Gasteiger partial charge in [-0.15, -0.1) is 0 Å². The van der Waals surface area contributed by atoms with Crippen molar-refractivity contribution in [2.45, 2.75) is 31.5 Å². The van der Waals surface area contributed by atoms with Crippen LogP contribution in [0, 0.1) is 0 Å². The average Bonchev–Trinajstić information content (AvgIpc) is 3.09. The van der Waals surface area contributed by atoms with Crippen molar-refractivity contribution < 1.29 is 14.6 Å². The van der Waals surface area contributed by atoms with Crippen LogP contribution in [0.5, 0.6) is 0 Å². The first kappa shape index (κ1) is 13.9. The average molecular weight is 277 g/mol. The van der Waals surface area contributed by atoms with Gasteiger partial charge in [0.15, 0.2) is 0 Å². The molecule has 1 N–H and O–H groups in total. The molecule has 2 aliphatic rings. The Hall–Kier alpha value is -1.10. The van der Waals surface area contributed by atoms with E-state index in [0.717, 1.165) is 32.4 Å². The molecule has 0 aliphatic carbocycles. The molecule has 4 nitrogen and oxygen atoms in total. The third kappa shape index (κ3) is 3.32. The summed E-state index contributed by atoms with van der Waals surface area (Å²) in [6.45, 7) is 3.47. The van der Waals surface area contributed by atoms with Gasteiger partial charge in [0, 0.05) is 25.4 Å². The molecule has 2 heterocycles. The van der Waals surface area contributed by atoms with Crippen LogP contribution in [-0.4, -0.2) is 50.2 Å². The zero-order chi connectivity index (χ0) is 13.8. The number of para-hydroxylation sites is 1. The van der Waals surface area contributed by atoms with E-state index in [0.29, 0.717) is 19.8 Å². The van der Waals surface area contributed by atoms with Crippen molar-refractivity contribution in [1.29, 1.82) is 0 Å². The van der Waals surface area contributed by atoms with Crippen LogP contribution in [-0.2, 0) is 15.9 Å². The molecule has 0 aromatic heterocycles. The van der Waals surface area contributed by atoms with E-state index in [-0.39, 0.29) is 6.10 Å². The van der Waals surface area contributed by atoms with E-state index in [9.17, 15) is 5.11 Å². The fourth-order valence-corrected chi connectivity index (χ4v) is 3.01. The Bertz CT molecular complexity index is 431. The van der Waals surface area contributed by atoms with Crippen LogP contribution in [0.25, 0.3) is 0 Å². The molecular formula is C16H23NO3. The Morgan fingerprint density at radius 1 is 1.40 bits per heavy atom. The molecule has 20 heavy (non-hydrogen) atoms. The summed E-state index contributed by atoms with van der Waals surface area (Å²) in [5, 5.41) is 10.1. The summed E-state index contributed by atoms with van der Waals surface area (Å²) in [4.78, 5) is 2.25. The number of rotatable bonds is 6. The van der Waals surface area contributed by atoms with Crippen LogP contribution in [0.1, 0.15) is 18.4 Å². The number of anilines is 1. The number of ether oxygens (including phenoxy) is 2. The van der Waals surface area contributed by atoms with E-state index >= 15 is 0 Å². The van der Waals surface area contributed by atoms with Crippen LogP contribution < -0.4 is 4.90 Å². The minimum atomic E-state index is -0.442. The molecule has 0 amide bonds. The molecule has 2 atom stereocenters. The molecule has 3 rings (SSSR count). The van der Waals surface area contributed by atoms with Gasteiger partial charge >= 0.3 is 0 Å². The van der Waals surface area contributed by atoms with Crippen LogP contribution in [0.3, 0.4) is 0 Å². The fourth-order valence-electron chi connectivity index (χ4n) is 3.01. The van der Waals surface area contributed by atoms with Crippen molar-refractivity contribution in [2.24, 2.45) is 0 Å². The number of β-amino-alcohol motifs (C(OH)–C–C–N with tert-alkyl or cyclic N) is 1. The number of benzene rings is 1. The third-order valence-corrected chi connectivity index (χ3v) is 4.05. The molecule has 1 aromatic rings. The number of nitrogens with zero attached hydrogens (tertiary/aromatic N) is 1. The summed E-state index contributed by atoms with van der Waals surface area (Å²) in [5.41, 5.74) is 2.63. The minimum absolute atomic E-state index is 0.231. The van der Waals surface area contributed by atoms with E-state index in [1.807, 2.05) is 0 Å². The van der Waals surface area contributed by atoms with Gasteiger partial charge in [-0.2, -0.15) is 0 Å². The Morgan fingerprint density at radius 3 is 3.15 bits per heavy atom. The first-order chi connectivity index (χ1) is 9.83. The predicted octanol–water partition coefficient (Wildman–Crippen LogP) is 1.61. The standard InChI is InChI=1S/C16H23NO3/c18-14(11-19-12-15-5-3-9-20-15)10-17-8-7-13-4-1-2-6-16(13)17/h1-2,4,6,14-15,18H,3,5,7-12H2. The van der Waals surface area contributed by atoms with E-state index in [2.05, 4.69) is 29.2 Å².